The van der Waals surface area contributed by atoms with Gasteiger partial charge in [-0.1, -0.05) is 6.08 Å². The number of carbonyl (C=O) groups is 2. The van der Waals surface area contributed by atoms with Crippen molar-refractivity contribution in [3.8, 4) is 0 Å². The third-order valence-corrected chi connectivity index (χ3v) is 2.53. The number of aryl methyl sites for hydroxylation is 1. The lowest BCUT2D eigenvalue weighted by molar-refractivity contribution is -0.139. The molecule has 0 saturated heterocycles. The molecular weight excluding hydrogens is 248 g/mol. The van der Waals surface area contributed by atoms with Crippen molar-refractivity contribution >= 4 is 12.0 Å². The van der Waals surface area contributed by atoms with E-state index in [9.17, 15) is 9.59 Å². The molecule has 0 fully saturated rings. The van der Waals surface area contributed by atoms with Crippen LogP contribution in [0.3, 0.4) is 0 Å². The van der Waals surface area contributed by atoms with Crippen LogP contribution < -0.4 is 5.32 Å². The van der Waals surface area contributed by atoms with E-state index >= 15 is 0 Å². The number of hydrogen-bond acceptors (Lipinski definition) is 3. The van der Waals surface area contributed by atoms with Crippen LogP contribution in [0.5, 0.6) is 0 Å². The van der Waals surface area contributed by atoms with Gasteiger partial charge in [0, 0.05) is 7.05 Å². The number of rotatable bonds is 6. The number of nitrogens with zero attached hydrogens (tertiary/aromatic N) is 1. The lowest BCUT2D eigenvalue weighted by Gasteiger charge is -2.19. The molecule has 0 radical (unpaired) electrons. The molecule has 6 heteroatoms. The summed E-state index contributed by atoms with van der Waals surface area (Å²) in [7, 11) is 1.57. The molecule has 0 aliphatic rings. The summed E-state index contributed by atoms with van der Waals surface area (Å²) in [6.07, 6.45) is 1.63. The van der Waals surface area contributed by atoms with Gasteiger partial charge in [-0.15, -0.1) is 6.58 Å². The predicted molar refractivity (Wildman–Crippen MR) is 69.7 cm³/mol. The van der Waals surface area contributed by atoms with Crippen LogP contribution in [0.2, 0.25) is 0 Å². The second kappa shape index (κ2) is 6.63. The Kier molecular flexibility index (Phi) is 5.17. The van der Waals surface area contributed by atoms with E-state index in [-0.39, 0.29) is 13.0 Å². The Morgan fingerprint density at radius 2 is 2.26 bits per heavy atom. The molecule has 1 aromatic rings. The maximum Gasteiger partial charge on any atom is 0.326 e. The average Bonchev–Trinajstić information content (AvgIpc) is 2.73. The number of nitrogens with one attached hydrogen (secondary N) is 1. The fourth-order valence-corrected chi connectivity index (χ4v) is 1.52. The van der Waals surface area contributed by atoms with Crippen LogP contribution in [-0.2, 0) is 11.3 Å². The van der Waals surface area contributed by atoms with Gasteiger partial charge in [0.25, 0.3) is 0 Å². The molecule has 1 unspecified atom stereocenters. The first kappa shape index (κ1) is 14.8. The summed E-state index contributed by atoms with van der Waals surface area (Å²) in [6.45, 7) is 5.55. The Hall–Kier alpha value is -2.24. The minimum atomic E-state index is -1.09. The van der Waals surface area contributed by atoms with E-state index in [2.05, 4.69) is 11.9 Å². The molecule has 0 aromatic carbocycles. The van der Waals surface area contributed by atoms with Crippen LogP contribution in [0.4, 0.5) is 4.79 Å². The van der Waals surface area contributed by atoms with Gasteiger partial charge in [-0.2, -0.15) is 0 Å². The smallest absolute Gasteiger partial charge is 0.326 e. The van der Waals surface area contributed by atoms with Gasteiger partial charge in [0.15, 0.2) is 0 Å². The first-order valence-corrected chi connectivity index (χ1v) is 5.84. The number of carboxylic acid groups (broad SMARTS) is 1. The summed E-state index contributed by atoms with van der Waals surface area (Å²) < 4.78 is 5.35. The lowest BCUT2D eigenvalue weighted by atomic mass is 10.2. The quantitative estimate of drug-likeness (QED) is 0.768. The van der Waals surface area contributed by atoms with Crippen molar-refractivity contribution in [1.29, 1.82) is 0 Å². The first-order chi connectivity index (χ1) is 8.93. The summed E-state index contributed by atoms with van der Waals surface area (Å²) in [4.78, 5) is 24.1. The van der Waals surface area contributed by atoms with Gasteiger partial charge in [-0.25, -0.2) is 9.59 Å². The fourth-order valence-electron chi connectivity index (χ4n) is 1.52. The van der Waals surface area contributed by atoms with Crippen molar-refractivity contribution in [2.24, 2.45) is 0 Å². The summed E-state index contributed by atoms with van der Waals surface area (Å²) in [5.74, 6) is 0.320. The molecule has 1 rings (SSSR count). The highest BCUT2D eigenvalue weighted by Crippen LogP contribution is 2.08. The maximum atomic E-state index is 11.8. The summed E-state index contributed by atoms with van der Waals surface area (Å²) in [6, 6.07) is 2.14. The second-order valence-electron chi connectivity index (χ2n) is 4.23. The topological polar surface area (TPSA) is 82.8 Å². The van der Waals surface area contributed by atoms with E-state index in [0.717, 1.165) is 5.76 Å². The summed E-state index contributed by atoms with van der Waals surface area (Å²) in [5, 5.41) is 11.3. The highest BCUT2D eigenvalue weighted by Gasteiger charge is 2.20. The Morgan fingerprint density at radius 3 is 2.74 bits per heavy atom. The zero-order valence-corrected chi connectivity index (χ0v) is 11.0. The predicted octanol–water partition coefficient (Wildman–Crippen LogP) is 1.76. The number of urea groups is 1. The Morgan fingerprint density at radius 1 is 1.58 bits per heavy atom. The Labute approximate surface area is 111 Å². The average molecular weight is 266 g/mol. The number of hydrogen-bond donors (Lipinski definition) is 2. The van der Waals surface area contributed by atoms with Crippen LogP contribution in [0.1, 0.15) is 17.9 Å². The SMILES string of the molecule is C=CCC(NC(=O)N(C)Cc1ccc(C)o1)C(=O)O. The molecule has 0 spiro atoms. The zero-order chi connectivity index (χ0) is 14.4. The van der Waals surface area contributed by atoms with Crippen LogP contribution in [0, 0.1) is 6.92 Å². The van der Waals surface area contributed by atoms with Crippen LogP contribution in [0.25, 0.3) is 0 Å². The van der Waals surface area contributed by atoms with Gasteiger partial charge < -0.3 is 19.7 Å². The monoisotopic (exact) mass is 266 g/mol. The van der Waals surface area contributed by atoms with Crippen molar-refractivity contribution in [2.45, 2.75) is 25.9 Å². The van der Waals surface area contributed by atoms with Gasteiger partial charge >= 0.3 is 12.0 Å². The Balaban J connectivity index is 2.56. The molecule has 2 amide bonds. The number of amides is 2. The van der Waals surface area contributed by atoms with Crippen LogP contribution in [-0.4, -0.2) is 35.1 Å². The molecule has 0 aliphatic heterocycles. The zero-order valence-electron chi connectivity index (χ0n) is 11.0. The minimum absolute atomic E-state index is 0.175. The van der Waals surface area contributed by atoms with E-state index in [1.54, 1.807) is 19.2 Å². The molecular formula is C13H18N2O4. The molecule has 1 aromatic heterocycles. The lowest BCUT2D eigenvalue weighted by Crippen LogP contribution is -2.46. The maximum absolute atomic E-state index is 11.8. The van der Waals surface area contributed by atoms with Gasteiger partial charge in [-0.05, 0) is 25.5 Å². The third-order valence-electron chi connectivity index (χ3n) is 2.53. The number of aliphatic carboxylic acids is 1. The highest BCUT2D eigenvalue weighted by molar-refractivity contribution is 5.82. The molecule has 19 heavy (non-hydrogen) atoms. The van der Waals surface area contributed by atoms with Gasteiger partial charge in [0.1, 0.15) is 17.6 Å². The van der Waals surface area contributed by atoms with E-state index in [1.807, 2.05) is 6.92 Å². The highest BCUT2D eigenvalue weighted by atomic mass is 16.4. The van der Waals surface area contributed by atoms with Gasteiger partial charge in [0.2, 0.25) is 0 Å². The molecule has 0 aliphatic carbocycles. The van der Waals surface area contributed by atoms with E-state index in [1.165, 1.54) is 11.0 Å². The first-order valence-electron chi connectivity index (χ1n) is 5.84. The van der Waals surface area contributed by atoms with E-state index < -0.39 is 18.0 Å². The summed E-state index contributed by atoms with van der Waals surface area (Å²) >= 11 is 0. The van der Waals surface area contributed by atoms with Crippen molar-refractivity contribution in [3.05, 3.63) is 36.3 Å². The van der Waals surface area contributed by atoms with E-state index in [4.69, 9.17) is 9.52 Å². The Bertz CT molecular complexity index is 467. The molecule has 1 atom stereocenters. The van der Waals surface area contributed by atoms with Gasteiger partial charge in [0.05, 0.1) is 6.54 Å². The van der Waals surface area contributed by atoms with Crippen LogP contribution >= 0.6 is 0 Å². The van der Waals surface area contributed by atoms with Crippen molar-refractivity contribution in [1.82, 2.24) is 10.2 Å². The van der Waals surface area contributed by atoms with Gasteiger partial charge in [-0.3, -0.25) is 0 Å². The molecule has 0 saturated carbocycles. The summed E-state index contributed by atoms with van der Waals surface area (Å²) in [5.41, 5.74) is 0. The normalized spacial score (nSPS) is 11.7. The molecule has 1 heterocycles. The fraction of sp³-hybridized carbons (Fsp3) is 0.385. The standard InChI is InChI=1S/C13H18N2O4/c1-4-5-11(12(16)17)14-13(18)15(3)8-10-7-6-9(2)19-10/h4,6-7,11H,1,5,8H2,2-3H3,(H,14,18)(H,16,17). The number of carboxylic acids is 1. The minimum Gasteiger partial charge on any atom is -0.480 e. The number of carbonyl (C=O) groups excluding carboxylic acids is 1. The second-order valence-corrected chi connectivity index (χ2v) is 4.23. The molecule has 0 bridgehead atoms. The van der Waals surface area contributed by atoms with Crippen molar-refractivity contribution in [2.75, 3.05) is 7.05 Å². The number of furan rings is 1. The molecule has 2 N–H and O–H groups in total. The third kappa shape index (κ3) is 4.50. The van der Waals surface area contributed by atoms with Crippen molar-refractivity contribution in [3.63, 3.8) is 0 Å². The van der Waals surface area contributed by atoms with E-state index in [0.29, 0.717) is 5.76 Å². The van der Waals surface area contributed by atoms with Crippen molar-refractivity contribution < 1.29 is 19.1 Å². The molecule has 6 nitrogen and oxygen atoms in total. The molecule has 104 valence electrons. The largest absolute Gasteiger partial charge is 0.480 e. The van der Waals surface area contributed by atoms with Crippen LogP contribution in [0.15, 0.2) is 29.2 Å².